The second-order valence-electron chi connectivity index (χ2n) is 2.83. The van der Waals surface area contributed by atoms with E-state index in [2.05, 4.69) is 9.47 Å². The van der Waals surface area contributed by atoms with E-state index in [4.69, 9.17) is 0 Å². The van der Waals surface area contributed by atoms with E-state index in [1.54, 1.807) is 0 Å². The third kappa shape index (κ3) is 2.12. The number of hydrogen-bond donors (Lipinski definition) is 0. The Morgan fingerprint density at radius 2 is 1.93 bits per heavy atom. The third-order valence-corrected chi connectivity index (χ3v) is 1.99. The second kappa shape index (κ2) is 4.54. The number of ether oxygens (including phenoxy) is 2. The largest absolute Gasteiger partial charge is 0.468 e. The monoisotopic (exact) mass is 210 g/mol. The molecule has 0 radical (unpaired) electrons. The molecule has 1 aliphatic rings. The topological polar surface area (TPSA) is 69.7 Å². The Hall–Kier alpha value is -1.91. The average molecular weight is 210 g/mol. The minimum atomic E-state index is -1.20. The van der Waals surface area contributed by atoms with Crippen LogP contribution in [0.1, 0.15) is 0 Å². The molecular formula is C10H10O5. The fourth-order valence-electron chi connectivity index (χ4n) is 1.26. The predicted molar refractivity (Wildman–Crippen MR) is 49.8 cm³/mol. The van der Waals surface area contributed by atoms with E-state index in [9.17, 15) is 14.4 Å². The Kier molecular flexibility index (Phi) is 3.38. The van der Waals surface area contributed by atoms with Gasteiger partial charge in [0, 0.05) is 0 Å². The van der Waals surface area contributed by atoms with Crippen molar-refractivity contribution in [2.24, 2.45) is 5.92 Å². The molecule has 1 aliphatic carbocycles. The number of allylic oxidation sites excluding steroid dienone is 3. The Balaban J connectivity index is 3.05. The second-order valence-corrected chi connectivity index (χ2v) is 2.83. The maximum Gasteiger partial charge on any atom is 0.335 e. The van der Waals surface area contributed by atoms with Gasteiger partial charge in [0.2, 0.25) is 0 Å². The summed E-state index contributed by atoms with van der Waals surface area (Å²) in [6.45, 7) is 0. The van der Waals surface area contributed by atoms with Gasteiger partial charge in [-0.1, -0.05) is 12.2 Å². The molecule has 5 nitrogen and oxygen atoms in total. The van der Waals surface area contributed by atoms with E-state index in [0.717, 1.165) is 7.11 Å². The van der Waals surface area contributed by atoms with Gasteiger partial charge in [0.05, 0.1) is 19.8 Å². The number of methoxy groups -OCH3 is 2. The lowest BCUT2D eigenvalue weighted by atomic mass is 9.90. The summed E-state index contributed by atoms with van der Waals surface area (Å²) in [6.07, 6.45) is 3.98. The highest BCUT2D eigenvalue weighted by atomic mass is 16.5. The molecule has 0 aliphatic heterocycles. The van der Waals surface area contributed by atoms with Gasteiger partial charge in [0.15, 0.2) is 11.7 Å². The van der Waals surface area contributed by atoms with Crippen molar-refractivity contribution in [3.05, 3.63) is 23.8 Å². The Labute approximate surface area is 86.4 Å². The van der Waals surface area contributed by atoms with E-state index in [0.29, 0.717) is 0 Å². The fourth-order valence-corrected chi connectivity index (χ4v) is 1.26. The zero-order valence-electron chi connectivity index (χ0n) is 8.35. The van der Waals surface area contributed by atoms with Gasteiger partial charge in [-0.3, -0.25) is 9.59 Å². The van der Waals surface area contributed by atoms with Crippen molar-refractivity contribution in [3.8, 4) is 0 Å². The molecule has 1 unspecified atom stereocenters. The van der Waals surface area contributed by atoms with Gasteiger partial charge in [0.1, 0.15) is 0 Å². The molecule has 5 heteroatoms. The zero-order valence-corrected chi connectivity index (χ0v) is 8.35. The summed E-state index contributed by atoms with van der Waals surface area (Å²) >= 11 is 0. The summed E-state index contributed by atoms with van der Waals surface area (Å²) in [5.41, 5.74) is -0.00292. The first-order valence-corrected chi connectivity index (χ1v) is 4.20. The Morgan fingerprint density at radius 1 is 1.27 bits per heavy atom. The highest BCUT2D eigenvalue weighted by Gasteiger charge is 2.35. The zero-order chi connectivity index (χ0) is 11.4. The van der Waals surface area contributed by atoms with Crippen LogP contribution in [0.2, 0.25) is 0 Å². The molecule has 0 spiro atoms. The predicted octanol–water partition coefficient (Wildman–Crippen LogP) is 0.0139. The number of hydrogen-bond acceptors (Lipinski definition) is 5. The van der Waals surface area contributed by atoms with Crippen LogP contribution in [-0.2, 0) is 23.9 Å². The maximum atomic E-state index is 11.4. The van der Waals surface area contributed by atoms with Crippen molar-refractivity contribution in [1.29, 1.82) is 0 Å². The third-order valence-electron chi connectivity index (χ3n) is 1.99. The normalized spacial score (nSPS) is 19.5. The molecule has 0 N–H and O–H groups in total. The van der Waals surface area contributed by atoms with Crippen LogP contribution in [0.15, 0.2) is 23.8 Å². The molecule has 0 aromatic rings. The Morgan fingerprint density at radius 3 is 2.47 bits per heavy atom. The van der Waals surface area contributed by atoms with Crippen LogP contribution in [0.3, 0.4) is 0 Å². The van der Waals surface area contributed by atoms with Crippen LogP contribution >= 0.6 is 0 Å². The van der Waals surface area contributed by atoms with E-state index in [-0.39, 0.29) is 5.57 Å². The lowest BCUT2D eigenvalue weighted by Gasteiger charge is -2.15. The van der Waals surface area contributed by atoms with Gasteiger partial charge in [-0.2, -0.15) is 0 Å². The SMILES string of the molecule is COC(=O)C1=CC=CC(=O)C1C(=O)OC. The van der Waals surface area contributed by atoms with Gasteiger partial charge in [0.25, 0.3) is 0 Å². The fraction of sp³-hybridized carbons (Fsp3) is 0.300. The standard InChI is InChI=1S/C10H10O5/c1-14-9(12)6-4-3-5-7(11)8(6)10(13)15-2/h3-5,8H,1-2H3. The summed E-state index contributed by atoms with van der Waals surface area (Å²) in [4.78, 5) is 33.9. The van der Waals surface area contributed by atoms with Crippen molar-refractivity contribution in [2.75, 3.05) is 14.2 Å². The Bertz CT molecular complexity index is 364. The van der Waals surface area contributed by atoms with Crippen LogP contribution < -0.4 is 0 Å². The average Bonchev–Trinajstić information content (AvgIpc) is 2.26. The smallest absolute Gasteiger partial charge is 0.335 e. The van der Waals surface area contributed by atoms with E-state index in [1.807, 2.05) is 0 Å². The minimum absolute atomic E-state index is 0.00292. The molecule has 1 atom stereocenters. The first-order chi connectivity index (χ1) is 7.11. The highest BCUT2D eigenvalue weighted by molar-refractivity contribution is 6.14. The molecule has 0 aromatic carbocycles. The van der Waals surface area contributed by atoms with Crippen molar-refractivity contribution in [1.82, 2.24) is 0 Å². The molecule has 0 fully saturated rings. The summed E-state index contributed by atoms with van der Waals surface area (Å²) in [7, 11) is 2.34. The molecule has 0 saturated heterocycles. The summed E-state index contributed by atoms with van der Waals surface area (Å²) < 4.78 is 8.90. The summed E-state index contributed by atoms with van der Waals surface area (Å²) in [6, 6.07) is 0. The molecule has 80 valence electrons. The van der Waals surface area contributed by atoms with Crippen molar-refractivity contribution in [3.63, 3.8) is 0 Å². The number of rotatable bonds is 2. The van der Waals surface area contributed by atoms with Crippen LogP contribution in [-0.4, -0.2) is 31.9 Å². The van der Waals surface area contributed by atoms with Crippen LogP contribution in [0, 0.1) is 5.92 Å². The quantitative estimate of drug-likeness (QED) is 0.474. The lowest BCUT2D eigenvalue weighted by Crippen LogP contribution is -2.31. The van der Waals surface area contributed by atoms with E-state index >= 15 is 0 Å². The molecule has 0 saturated carbocycles. The number of ketones is 1. The highest BCUT2D eigenvalue weighted by Crippen LogP contribution is 2.20. The lowest BCUT2D eigenvalue weighted by molar-refractivity contribution is -0.150. The van der Waals surface area contributed by atoms with Gasteiger partial charge in [-0.15, -0.1) is 0 Å². The van der Waals surface area contributed by atoms with Crippen LogP contribution in [0.4, 0.5) is 0 Å². The summed E-state index contributed by atoms with van der Waals surface area (Å²) in [5, 5.41) is 0. The van der Waals surface area contributed by atoms with Gasteiger partial charge in [-0.25, -0.2) is 4.79 Å². The molecule has 15 heavy (non-hydrogen) atoms. The number of carbonyl (C=O) groups is 3. The number of carbonyl (C=O) groups excluding carboxylic acids is 3. The van der Waals surface area contributed by atoms with E-state index < -0.39 is 23.6 Å². The molecule has 0 heterocycles. The van der Waals surface area contributed by atoms with Crippen molar-refractivity contribution < 1.29 is 23.9 Å². The van der Waals surface area contributed by atoms with Gasteiger partial charge < -0.3 is 9.47 Å². The molecule has 0 bridgehead atoms. The van der Waals surface area contributed by atoms with Gasteiger partial charge >= 0.3 is 11.9 Å². The molecule has 0 amide bonds. The molecule has 1 rings (SSSR count). The van der Waals surface area contributed by atoms with Gasteiger partial charge in [-0.05, 0) is 6.08 Å². The maximum absolute atomic E-state index is 11.4. The summed E-state index contributed by atoms with van der Waals surface area (Å²) in [5.74, 6) is -3.15. The van der Waals surface area contributed by atoms with E-state index in [1.165, 1.54) is 25.3 Å². The first-order valence-electron chi connectivity index (χ1n) is 4.20. The first kappa shape index (κ1) is 11.2. The van der Waals surface area contributed by atoms with Crippen LogP contribution in [0.25, 0.3) is 0 Å². The minimum Gasteiger partial charge on any atom is -0.468 e. The number of esters is 2. The van der Waals surface area contributed by atoms with Crippen LogP contribution in [0.5, 0.6) is 0 Å². The molecular weight excluding hydrogens is 200 g/mol. The van der Waals surface area contributed by atoms with Crippen molar-refractivity contribution in [2.45, 2.75) is 0 Å². The van der Waals surface area contributed by atoms with Crippen molar-refractivity contribution >= 4 is 17.7 Å². The molecule has 0 aromatic heterocycles.